The molecule has 0 bridgehead atoms. The van der Waals surface area contributed by atoms with E-state index >= 15 is 0 Å². The van der Waals surface area contributed by atoms with Crippen LogP contribution in [0, 0.1) is 21.4 Å². The van der Waals surface area contributed by atoms with Crippen LogP contribution in [0.25, 0.3) is 5.76 Å². The van der Waals surface area contributed by atoms with E-state index in [0.29, 0.717) is 11.3 Å². The lowest BCUT2D eigenvalue weighted by molar-refractivity contribution is -0.384. The highest BCUT2D eigenvalue weighted by atomic mass is 16.6. The van der Waals surface area contributed by atoms with E-state index in [2.05, 4.69) is 0 Å². The quantitative estimate of drug-likeness (QED) is 0.380. The molecule has 0 aromatic heterocycles. The molecule has 2 aromatic carbocycles. The van der Waals surface area contributed by atoms with Gasteiger partial charge < -0.3 is 24.7 Å². The summed E-state index contributed by atoms with van der Waals surface area (Å²) >= 11 is 0. The number of non-ortho nitro benzene ring substituents is 1. The highest BCUT2D eigenvalue weighted by molar-refractivity contribution is 6.00. The van der Waals surface area contributed by atoms with Crippen molar-refractivity contribution in [3.63, 3.8) is 0 Å². The summed E-state index contributed by atoms with van der Waals surface area (Å²) in [6, 6.07) is 12.5. The van der Waals surface area contributed by atoms with Gasteiger partial charge in [0, 0.05) is 23.3 Å². The number of allylic oxidation sites excluding steroid dienone is 1. The smallest absolute Gasteiger partial charge is 0.338 e. The molecule has 170 valence electrons. The first-order chi connectivity index (χ1) is 15.9. The van der Waals surface area contributed by atoms with Crippen LogP contribution < -0.4 is 15.2 Å². The number of hydrogen-bond donors (Lipinski definition) is 1. The fraction of sp³-hybridized carbons (Fsp3) is 0.217. The van der Waals surface area contributed by atoms with Crippen LogP contribution in [-0.2, 0) is 14.3 Å². The number of nitrogens with two attached hydrogens (primary N) is 1. The maximum Gasteiger partial charge on any atom is 0.338 e. The molecule has 0 radical (unpaired) electrons. The van der Waals surface area contributed by atoms with Gasteiger partial charge in [-0.2, -0.15) is 5.26 Å². The molecule has 1 heterocycles. The molecule has 0 saturated carbocycles. The lowest BCUT2D eigenvalue weighted by Crippen LogP contribution is -2.26. The molecule has 0 aliphatic carbocycles. The van der Waals surface area contributed by atoms with Crippen molar-refractivity contribution in [1.29, 1.82) is 5.26 Å². The number of nitriles is 1. The first kappa shape index (κ1) is 23.1. The average Bonchev–Trinajstić information content (AvgIpc) is 2.82. The van der Waals surface area contributed by atoms with E-state index in [1.807, 2.05) is 6.07 Å². The number of rotatable bonds is 7. The topological polar surface area (TPSA) is 147 Å². The van der Waals surface area contributed by atoms with Gasteiger partial charge in [0.1, 0.15) is 17.4 Å². The molecule has 2 N–H and O–H groups in total. The van der Waals surface area contributed by atoms with Gasteiger partial charge in [-0.25, -0.2) is 4.79 Å². The van der Waals surface area contributed by atoms with Gasteiger partial charge in [0.05, 0.1) is 37.2 Å². The maximum atomic E-state index is 13.2. The third-order valence-corrected chi connectivity index (χ3v) is 4.98. The summed E-state index contributed by atoms with van der Waals surface area (Å²) in [5, 5.41) is 21.2. The molecule has 10 heteroatoms. The zero-order valence-electron chi connectivity index (χ0n) is 18.2. The zero-order valence-corrected chi connectivity index (χ0v) is 18.2. The number of carbonyl (C=O) groups excluding carboxylic acids is 1. The molecular weight excluding hydrogens is 430 g/mol. The molecule has 0 amide bonds. The lowest BCUT2D eigenvalue weighted by atomic mass is 9.81. The Bertz CT molecular complexity index is 1210. The first-order valence-corrected chi connectivity index (χ1v) is 9.82. The number of nitro benzene ring substituents is 1. The molecule has 10 nitrogen and oxygen atoms in total. The molecule has 1 unspecified atom stereocenters. The minimum Gasteiger partial charge on any atom is -0.493 e. The molecule has 1 aliphatic heterocycles. The molecule has 3 rings (SSSR count). The maximum absolute atomic E-state index is 13.2. The standard InChI is InChI=1S/C23H21N3O7/c1-4-32-23(27)19-18(15-9-6-10-17(30-2)21(15)31-3)16(12-24)22(25)33-20(19)13-7-5-8-14(11-13)26(28)29/h5-11,18H,4,25H2,1-3H3. The fourth-order valence-electron chi connectivity index (χ4n) is 3.60. The molecule has 1 aliphatic rings. The Morgan fingerprint density at radius 1 is 1.24 bits per heavy atom. The van der Waals surface area contributed by atoms with Crippen LogP contribution in [0.1, 0.15) is 24.0 Å². The van der Waals surface area contributed by atoms with Gasteiger partial charge in [0.25, 0.3) is 5.69 Å². The number of carbonyl (C=O) groups is 1. The number of hydrogen-bond acceptors (Lipinski definition) is 9. The molecule has 2 aromatic rings. The summed E-state index contributed by atoms with van der Waals surface area (Å²) in [6.45, 7) is 1.68. The third kappa shape index (κ3) is 4.29. The molecular formula is C23H21N3O7. The van der Waals surface area contributed by atoms with Gasteiger partial charge in [-0.15, -0.1) is 0 Å². The van der Waals surface area contributed by atoms with E-state index in [1.54, 1.807) is 25.1 Å². The number of nitrogens with zero attached hydrogens (tertiary/aromatic N) is 2. The van der Waals surface area contributed by atoms with E-state index in [1.165, 1.54) is 38.5 Å². The van der Waals surface area contributed by atoms with E-state index in [0.717, 1.165) is 0 Å². The summed E-state index contributed by atoms with van der Waals surface area (Å²) in [5.74, 6) is -1.45. The van der Waals surface area contributed by atoms with Crippen LogP contribution in [0.2, 0.25) is 0 Å². The minimum absolute atomic E-state index is 0.0428. The molecule has 33 heavy (non-hydrogen) atoms. The Kier molecular flexibility index (Phi) is 6.83. The summed E-state index contributed by atoms with van der Waals surface area (Å²) in [4.78, 5) is 23.9. The van der Waals surface area contributed by atoms with Crippen LogP contribution in [0.15, 0.2) is 59.5 Å². The van der Waals surface area contributed by atoms with Gasteiger partial charge in [0.15, 0.2) is 11.5 Å². The van der Waals surface area contributed by atoms with Crippen molar-refractivity contribution in [1.82, 2.24) is 0 Å². The number of para-hydroxylation sites is 1. The van der Waals surface area contributed by atoms with E-state index in [4.69, 9.17) is 24.7 Å². The lowest BCUT2D eigenvalue weighted by Gasteiger charge is -2.29. The second-order valence-electron chi connectivity index (χ2n) is 6.78. The Morgan fingerprint density at radius 2 is 1.97 bits per heavy atom. The SMILES string of the molecule is CCOC(=O)C1=C(c2cccc([N+](=O)[O-])c2)OC(N)=C(C#N)C1c1cccc(OC)c1OC. The Hall–Kier alpha value is -4.52. The van der Waals surface area contributed by atoms with Crippen LogP contribution in [-0.4, -0.2) is 31.7 Å². The van der Waals surface area contributed by atoms with Crippen LogP contribution >= 0.6 is 0 Å². The zero-order chi connectivity index (χ0) is 24.1. The van der Waals surface area contributed by atoms with Crippen molar-refractivity contribution in [3.05, 3.63) is 80.7 Å². The Morgan fingerprint density at radius 3 is 2.58 bits per heavy atom. The summed E-state index contributed by atoms with van der Waals surface area (Å²) in [7, 11) is 2.88. The normalized spacial score (nSPS) is 15.4. The van der Waals surface area contributed by atoms with Gasteiger partial charge in [-0.3, -0.25) is 10.1 Å². The second-order valence-corrected chi connectivity index (χ2v) is 6.78. The molecule has 0 spiro atoms. The van der Waals surface area contributed by atoms with E-state index < -0.39 is 16.8 Å². The van der Waals surface area contributed by atoms with Crippen molar-refractivity contribution in [3.8, 4) is 17.6 Å². The largest absolute Gasteiger partial charge is 0.493 e. The fourth-order valence-corrected chi connectivity index (χ4v) is 3.60. The molecule has 0 fully saturated rings. The molecule has 1 atom stereocenters. The van der Waals surface area contributed by atoms with Crippen molar-refractivity contribution in [2.75, 3.05) is 20.8 Å². The predicted octanol–water partition coefficient (Wildman–Crippen LogP) is 3.39. The van der Waals surface area contributed by atoms with Crippen molar-refractivity contribution in [2.24, 2.45) is 5.73 Å². The molecule has 0 saturated heterocycles. The van der Waals surface area contributed by atoms with Crippen molar-refractivity contribution < 1.29 is 28.7 Å². The summed E-state index contributed by atoms with van der Waals surface area (Å²) < 4.78 is 21.8. The van der Waals surface area contributed by atoms with E-state index in [-0.39, 0.29) is 46.4 Å². The number of benzene rings is 2. The van der Waals surface area contributed by atoms with Gasteiger partial charge in [-0.05, 0) is 13.0 Å². The highest BCUT2D eigenvalue weighted by Gasteiger charge is 2.40. The number of nitro groups is 1. The average molecular weight is 451 g/mol. The number of methoxy groups -OCH3 is 2. The minimum atomic E-state index is -1.04. The van der Waals surface area contributed by atoms with Crippen LogP contribution in [0.4, 0.5) is 5.69 Å². The number of ether oxygens (including phenoxy) is 4. The third-order valence-electron chi connectivity index (χ3n) is 4.98. The second kappa shape index (κ2) is 9.74. The van der Waals surface area contributed by atoms with Gasteiger partial charge in [-0.1, -0.05) is 24.3 Å². The summed E-state index contributed by atoms with van der Waals surface area (Å²) in [5.41, 5.74) is 6.41. The van der Waals surface area contributed by atoms with Crippen molar-refractivity contribution >= 4 is 17.4 Å². The van der Waals surface area contributed by atoms with Crippen molar-refractivity contribution in [2.45, 2.75) is 12.8 Å². The van der Waals surface area contributed by atoms with Crippen LogP contribution in [0.3, 0.4) is 0 Å². The van der Waals surface area contributed by atoms with Crippen LogP contribution in [0.5, 0.6) is 11.5 Å². The predicted molar refractivity (Wildman–Crippen MR) is 117 cm³/mol. The monoisotopic (exact) mass is 451 g/mol. The van der Waals surface area contributed by atoms with Gasteiger partial charge in [0.2, 0.25) is 5.88 Å². The first-order valence-electron chi connectivity index (χ1n) is 9.82. The summed E-state index contributed by atoms with van der Waals surface area (Å²) in [6.07, 6.45) is 0. The Balaban J connectivity index is 2.38. The Labute approximate surface area is 189 Å². The van der Waals surface area contributed by atoms with Gasteiger partial charge >= 0.3 is 5.97 Å². The highest BCUT2D eigenvalue weighted by Crippen LogP contribution is 2.47. The van der Waals surface area contributed by atoms with E-state index in [9.17, 15) is 20.2 Å². The number of esters is 1.